The second kappa shape index (κ2) is 13.1. The van der Waals surface area contributed by atoms with E-state index in [-0.39, 0.29) is 15.8 Å². The van der Waals surface area contributed by atoms with Gasteiger partial charge in [-0.05, 0) is 191 Å². The molecule has 8 bridgehead atoms. The fourth-order valence-corrected chi connectivity index (χ4v) is 22.1. The van der Waals surface area contributed by atoms with Gasteiger partial charge in [0.1, 0.15) is 0 Å². The first-order chi connectivity index (χ1) is 24.0. The highest BCUT2D eigenvalue weighted by atomic mass is 31.1. The van der Waals surface area contributed by atoms with Gasteiger partial charge in [0, 0.05) is 0 Å². The van der Waals surface area contributed by atoms with Gasteiger partial charge in [-0.3, -0.25) is 0 Å². The molecule has 0 spiro atoms. The van der Waals surface area contributed by atoms with Crippen molar-refractivity contribution in [1.82, 2.24) is 0 Å². The Hall–Kier alpha value is -1.48. The first-order valence-electron chi connectivity index (χ1n) is 20.8. The van der Waals surface area contributed by atoms with E-state index in [9.17, 15) is 0 Å². The van der Waals surface area contributed by atoms with Gasteiger partial charge in [0.25, 0.3) is 0 Å². The van der Waals surface area contributed by atoms with E-state index in [0.717, 1.165) is 58.7 Å². The quantitative estimate of drug-likeness (QED) is 0.205. The van der Waals surface area contributed by atoms with Crippen LogP contribution in [0.3, 0.4) is 0 Å². The van der Waals surface area contributed by atoms with Crippen molar-refractivity contribution in [3.8, 4) is 22.3 Å². The molecule has 0 radical (unpaired) electrons. The van der Waals surface area contributed by atoms with E-state index in [1.54, 1.807) is 75.3 Å². The van der Waals surface area contributed by atoms with Gasteiger partial charge < -0.3 is 0 Å². The lowest BCUT2D eigenvalue weighted by molar-refractivity contribution is 0.0129. The lowest BCUT2D eigenvalue weighted by Crippen LogP contribution is -2.52. The molecule has 8 fully saturated rings. The van der Waals surface area contributed by atoms with Crippen molar-refractivity contribution in [1.29, 1.82) is 0 Å². The van der Waals surface area contributed by atoms with Crippen molar-refractivity contribution >= 4 is 15.8 Å². The zero-order chi connectivity index (χ0) is 34.4. The van der Waals surface area contributed by atoms with Crippen molar-refractivity contribution < 1.29 is 0 Å². The predicted octanol–water partition coefficient (Wildman–Crippen LogP) is 14.2. The lowest BCUT2D eigenvalue weighted by atomic mass is 9.55. The van der Waals surface area contributed by atoms with Gasteiger partial charge in [-0.15, -0.1) is 0 Å². The Bertz CT molecular complexity index is 1550. The molecule has 0 nitrogen and oxygen atoms in total. The Morgan fingerprint density at radius 1 is 0.460 bits per heavy atom. The summed E-state index contributed by atoms with van der Waals surface area (Å²) >= 11 is 0. The zero-order valence-corrected chi connectivity index (χ0v) is 33.9. The molecule has 0 atom stereocenters. The van der Waals surface area contributed by atoms with Crippen LogP contribution < -0.4 is 0 Å². The third kappa shape index (κ3) is 6.42. The van der Waals surface area contributed by atoms with E-state index in [4.69, 9.17) is 0 Å². The summed E-state index contributed by atoms with van der Waals surface area (Å²) in [5.74, 6) is 8.42. The van der Waals surface area contributed by atoms with E-state index in [1.165, 1.54) is 34.6 Å². The van der Waals surface area contributed by atoms with Crippen molar-refractivity contribution in [2.45, 2.75) is 140 Å². The molecule has 0 unspecified atom stereocenters. The fraction of sp³-hybridized carbons (Fsp3) is 0.625. The highest BCUT2D eigenvalue weighted by Crippen LogP contribution is 2.72. The first kappa shape index (κ1) is 34.3. The van der Waals surface area contributed by atoms with Gasteiger partial charge in [-0.2, -0.15) is 0 Å². The molecule has 50 heavy (non-hydrogen) atoms. The minimum absolute atomic E-state index is 0.0721. The smallest absolute Gasteiger partial charge is 0.00606 e. The third-order valence-electron chi connectivity index (χ3n) is 14.9. The van der Waals surface area contributed by atoms with E-state index >= 15 is 0 Å². The summed E-state index contributed by atoms with van der Waals surface area (Å²) in [5.41, 5.74) is 11.2. The molecular formula is C48H64P2. The SMILES string of the molecule is CC(C)(C)P(Cc1cc(-c2ccccc2)c(-c2ccccc2)cc1CP(C1C2CC3CC(C2)CC1C3)C1C2CC3CC(C2)CC1C3)C(C)(C)C. The van der Waals surface area contributed by atoms with Crippen molar-refractivity contribution in [3.63, 3.8) is 0 Å². The van der Waals surface area contributed by atoms with Gasteiger partial charge in [-0.1, -0.05) is 118 Å². The lowest BCUT2D eigenvalue weighted by Gasteiger charge is -2.62. The van der Waals surface area contributed by atoms with Crippen LogP contribution >= 0.6 is 15.8 Å². The number of hydrogen-bond acceptors (Lipinski definition) is 0. The van der Waals surface area contributed by atoms with Crippen LogP contribution in [0.15, 0.2) is 72.8 Å². The molecule has 0 saturated heterocycles. The average Bonchev–Trinajstić information content (AvgIpc) is 3.06. The van der Waals surface area contributed by atoms with Crippen LogP contribution in [-0.2, 0) is 12.3 Å². The topological polar surface area (TPSA) is 0 Å². The standard InChI is InChI=1S/C48H64P2/c1-47(2,3)50(48(4,5)6)30-42-28-44(36-15-11-8-12-16-36)43(35-13-9-7-10-14-35)27-41(42)29-49(45-37-19-31-17-32(21-37)22-38(45)20-31)46-39-23-33-18-34(25-39)26-40(46)24-33/h7-16,27-28,31-34,37-40,45-46H,17-26,29-30H2,1-6H3. The van der Waals surface area contributed by atoms with E-state index < -0.39 is 0 Å². The van der Waals surface area contributed by atoms with E-state index in [0.29, 0.717) is 10.3 Å². The molecule has 266 valence electrons. The van der Waals surface area contributed by atoms with Gasteiger partial charge in [0.15, 0.2) is 0 Å². The van der Waals surface area contributed by atoms with Crippen molar-refractivity contribution in [2.75, 3.05) is 0 Å². The Labute approximate surface area is 307 Å². The Balaban J connectivity index is 1.20. The van der Waals surface area contributed by atoms with Crippen LogP contribution in [-0.4, -0.2) is 21.6 Å². The summed E-state index contributed by atoms with van der Waals surface area (Å²) in [6.07, 6.45) is 18.4. The summed E-state index contributed by atoms with van der Waals surface area (Å²) in [5, 5.41) is 0.618. The van der Waals surface area contributed by atoms with Gasteiger partial charge in [-0.25, -0.2) is 0 Å². The van der Waals surface area contributed by atoms with E-state index in [1.807, 2.05) is 0 Å². The molecule has 0 aromatic heterocycles. The third-order valence-corrected chi connectivity index (χ3v) is 22.8. The van der Waals surface area contributed by atoms with Gasteiger partial charge >= 0.3 is 0 Å². The minimum atomic E-state index is -0.247. The Kier molecular flexibility index (Phi) is 9.00. The normalized spacial score (nSPS) is 34.9. The maximum Gasteiger partial charge on any atom is -0.00606 e. The van der Waals surface area contributed by atoms with Gasteiger partial charge in [0.2, 0.25) is 0 Å². The molecule has 8 aliphatic rings. The molecule has 11 rings (SSSR count). The summed E-state index contributed by atoms with van der Waals surface area (Å²) in [7, 11) is -0.319. The monoisotopic (exact) mass is 702 g/mol. The average molecular weight is 703 g/mol. The highest BCUT2D eigenvalue weighted by molar-refractivity contribution is 7.60. The number of rotatable bonds is 8. The van der Waals surface area contributed by atoms with Gasteiger partial charge in [0.05, 0.1) is 0 Å². The Morgan fingerprint density at radius 2 is 0.800 bits per heavy atom. The highest BCUT2D eigenvalue weighted by Gasteiger charge is 2.56. The summed E-state index contributed by atoms with van der Waals surface area (Å²) < 4.78 is 0. The van der Waals surface area contributed by atoms with Crippen LogP contribution in [0, 0.1) is 47.3 Å². The molecule has 3 aromatic rings. The summed E-state index contributed by atoms with van der Waals surface area (Å²) in [6.45, 7) is 15.2. The molecule has 0 amide bonds. The largest absolute Gasteiger partial charge is 0.0947 e. The van der Waals surface area contributed by atoms with Crippen LogP contribution in [0.2, 0.25) is 0 Å². The maximum atomic E-state index is 2.79. The Morgan fingerprint density at radius 3 is 1.14 bits per heavy atom. The van der Waals surface area contributed by atoms with Crippen LogP contribution in [0.4, 0.5) is 0 Å². The summed E-state index contributed by atoms with van der Waals surface area (Å²) in [6, 6.07) is 28.4. The first-order valence-corrected chi connectivity index (χ1v) is 24.0. The minimum Gasteiger partial charge on any atom is -0.0947 e. The molecule has 0 heterocycles. The molecule has 0 N–H and O–H groups in total. The second-order valence-corrected chi connectivity index (χ2v) is 26.7. The number of hydrogen-bond donors (Lipinski definition) is 0. The van der Waals surface area contributed by atoms with Crippen LogP contribution in [0.5, 0.6) is 0 Å². The zero-order valence-electron chi connectivity index (χ0n) is 32.1. The van der Waals surface area contributed by atoms with Crippen molar-refractivity contribution in [2.24, 2.45) is 47.3 Å². The van der Waals surface area contributed by atoms with E-state index in [2.05, 4.69) is 114 Å². The fourth-order valence-electron chi connectivity index (χ4n) is 13.8. The number of benzene rings is 3. The maximum absolute atomic E-state index is 2.79. The molecule has 2 heteroatoms. The molecule has 8 saturated carbocycles. The predicted molar refractivity (Wildman–Crippen MR) is 220 cm³/mol. The molecule has 8 aliphatic carbocycles. The van der Waals surface area contributed by atoms with Crippen molar-refractivity contribution in [3.05, 3.63) is 83.9 Å². The molecule has 0 aliphatic heterocycles. The van der Waals surface area contributed by atoms with Crippen LogP contribution in [0.25, 0.3) is 22.3 Å². The molecule has 3 aromatic carbocycles. The second-order valence-electron chi connectivity index (χ2n) is 20.3. The van der Waals surface area contributed by atoms with Crippen LogP contribution in [0.1, 0.15) is 117 Å². The molecular weight excluding hydrogens is 638 g/mol. The summed E-state index contributed by atoms with van der Waals surface area (Å²) in [4.78, 5) is 0.